The number of carboxylic acid groups (broad SMARTS) is 1. The second kappa shape index (κ2) is 7.89. The van der Waals surface area contributed by atoms with Crippen LogP contribution in [0, 0.1) is 0 Å². The molecule has 138 valence electrons. The third-order valence-corrected chi connectivity index (χ3v) is 5.72. The van der Waals surface area contributed by atoms with Crippen molar-refractivity contribution in [2.45, 2.75) is 38.0 Å². The Balaban J connectivity index is 1.96. The topological polar surface area (TPSA) is 40.5 Å². The monoisotopic (exact) mass is 391 g/mol. The number of carbonyl (C=O) groups is 1. The summed E-state index contributed by atoms with van der Waals surface area (Å²) >= 11 is 12.2. The van der Waals surface area contributed by atoms with Gasteiger partial charge in [-0.25, -0.2) is 0 Å². The van der Waals surface area contributed by atoms with Gasteiger partial charge >= 0.3 is 5.97 Å². The molecular formula is C21H23Cl2NO2. The van der Waals surface area contributed by atoms with Crippen LogP contribution in [0.1, 0.15) is 43.7 Å². The molecule has 1 aliphatic heterocycles. The fraction of sp³-hybridized carbons (Fsp3) is 0.381. The molecule has 3 rings (SSSR count). The van der Waals surface area contributed by atoms with E-state index in [1.54, 1.807) is 25.1 Å². The van der Waals surface area contributed by atoms with Crippen molar-refractivity contribution in [2.24, 2.45) is 0 Å². The van der Waals surface area contributed by atoms with E-state index in [1.807, 2.05) is 24.3 Å². The van der Waals surface area contributed by atoms with Crippen LogP contribution in [0.5, 0.6) is 0 Å². The lowest BCUT2D eigenvalue weighted by Gasteiger charge is -2.28. The van der Waals surface area contributed by atoms with Crippen LogP contribution in [0.4, 0.5) is 5.69 Å². The maximum atomic E-state index is 12.2. The van der Waals surface area contributed by atoms with Gasteiger partial charge in [0.1, 0.15) is 5.41 Å². The summed E-state index contributed by atoms with van der Waals surface area (Å²) in [6.07, 6.45) is 4.97. The van der Waals surface area contributed by atoms with E-state index in [4.69, 9.17) is 23.2 Å². The van der Waals surface area contributed by atoms with Gasteiger partial charge in [0.15, 0.2) is 0 Å². The predicted octanol–water partition coefficient (Wildman–Crippen LogP) is 5.76. The fourth-order valence-electron chi connectivity index (χ4n) is 3.59. The molecule has 2 aromatic rings. The van der Waals surface area contributed by atoms with Gasteiger partial charge in [0.25, 0.3) is 0 Å². The Labute approximate surface area is 164 Å². The summed E-state index contributed by atoms with van der Waals surface area (Å²) in [7, 11) is 0. The molecule has 1 saturated heterocycles. The van der Waals surface area contributed by atoms with Crippen LogP contribution in [0.2, 0.25) is 10.0 Å². The second-order valence-corrected chi connectivity index (χ2v) is 7.91. The molecule has 1 aliphatic rings. The number of nitrogens with zero attached hydrogens (tertiary/aromatic N) is 1. The molecule has 0 amide bonds. The maximum Gasteiger partial charge on any atom is 0.318 e. The number of anilines is 1. The number of benzene rings is 2. The minimum Gasteiger partial charge on any atom is -0.480 e. The second-order valence-electron chi connectivity index (χ2n) is 7.04. The zero-order valence-electron chi connectivity index (χ0n) is 14.8. The van der Waals surface area contributed by atoms with E-state index in [2.05, 4.69) is 4.90 Å². The van der Waals surface area contributed by atoms with E-state index in [-0.39, 0.29) is 0 Å². The van der Waals surface area contributed by atoms with Gasteiger partial charge in [0, 0.05) is 28.8 Å². The zero-order chi connectivity index (χ0) is 18.7. The zero-order valence-corrected chi connectivity index (χ0v) is 16.4. The van der Waals surface area contributed by atoms with Crippen LogP contribution < -0.4 is 4.90 Å². The summed E-state index contributed by atoms with van der Waals surface area (Å²) < 4.78 is 0. The van der Waals surface area contributed by atoms with E-state index < -0.39 is 11.4 Å². The predicted molar refractivity (Wildman–Crippen MR) is 108 cm³/mol. The molecule has 5 heteroatoms. The molecule has 1 atom stereocenters. The lowest BCUT2D eigenvalue weighted by molar-refractivity contribution is -0.141. The van der Waals surface area contributed by atoms with Crippen LogP contribution in [0.3, 0.4) is 0 Å². The van der Waals surface area contributed by atoms with Crippen LogP contribution in [-0.2, 0) is 10.2 Å². The fourth-order valence-corrected chi connectivity index (χ4v) is 4.12. The van der Waals surface area contributed by atoms with E-state index in [9.17, 15) is 9.90 Å². The first-order valence-electron chi connectivity index (χ1n) is 8.97. The first-order valence-corrected chi connectivity index (χ1v) is 9.72. The average Bonchev–Trinajstić information content (AvgIpc) is 2.89. The van der Waals surface area contributed by atoms with Crippen LogP contribution in [-0.4, -0.2) is 24.2 Å². The molecule has 3 nitrogen and oxygen atoms in total. The molecule has 0 aromatic heterocycles. The molecule has 0 aliphatic carbocycles. The summed E-state index contributed by atoms with van der Waals surface area (Å²) in [6.45, 7) is 3.80. The smallest absolute Gasteiger partial charge is 0.318 e. The van der Waals surface area contributed by atoms with Crippen molar-refractivity contribution in [3.05, 3.63) is 63.6 Å². The quantitative estimate of drug-likeness (QED) is 0.719. The lowest BCUT2D eigenvalue weighted by atomic mass is 9.76. The van der Waals surface area contributed by atoms with Crippen molar-refractivity contribution in [3.63, 3.8) is 0 Å². The highest BCUT2D eigenvalue weighted by Gasteiger charge is 2.37. The molecule has 0 saturated carbocycles. The maximum absolute atomic E-state index is 12.2. The summed E-state index contributed by atoms with van der Waals surface area (Å²) in [6, 6.07) is 12.8. The van der Waals surface area contributed by atoms with Crippen molar-refractivity contribution in [2.75, 3.05) is 18.0 Å². The highest BCUT2D eigenvalue weighted by molar-refractivity contribution is 6.34. The minimum absolute atomic E-state index is 0.432. The number of aliphatic carboxylic acids is 1. The van der Waals surface area contributed by atoms with Gasteiger partial charge in [-0.1, -0.05) is 48.2 Å². The van der Waals surface area contributed by atoms with Gasteiger partial charge in [-0.05, 0) is 61.2 Å². The molecule has 1 unspecified atom stereocenters. The molecule has 0 radical (unpaired) electrons. The van der Waals surface area contributed by atoms with Gasteiger partial charge < -0.3 is 10.0 Å². The van der Waals surface area contributed by atoms with Crippen LogP contribution in [0.15, 0.2) is 42.5 Å². The van der Waals surface area contributed by atoms with Gasteiger partial charge in [-0.2, -0.15) is 0 Å². The summed E-state index contributed by atoms with van der Waals surface area (Å²) in [5.74, 6) is -0.932. The normalized spacial score (nSPS) is 17.4. The molecule has 2 aromatic carbocycles. The van der Waals surface area contributed by atoms with Gasteiger partial charge in [0.2, 0.25) is 0 Å². The summed E-state index contributed by atoms with van der Waals surface area (Å²) in [5.41, 5.74) is 1.21. The van der Waals surface area contributed by atoms with Crippen LogP contribution >= 0.6 is 23.2 Å². The Kier molecular flexibility index (Phi) is 5.79. The van der Waals surface area contributed by atoms with Crippen molar-refractivity contribution >= 4 is 34.9 Å². The Morgan fingerprint density at radius 3 is 1.96 bits per heavy atom. The number of hydrogen-bond donors (Lipinski definition) is 1. The lowest BCUT2D eigenvalue weighted by Crippen LogP contribution is -2.34. The van der Waals surface area contributed by atoms with Crippen LogP contribution in [0.25, 0.3) is 0 Å². The SMILES string of the molecule is CC(C(=O)O)(c1ccc(N2CCCCCC2)cc1)c1cc(Cl)cc(Cl)c1. The van der Waals surface area contributed by atoms with E-state index in [1.165, 1.54) is 25.7 Å². The first-order chi connectivity index (χ1) is 12.4. The molecule has 0 spiro atoms. The number of hydrogen-bond acceptors (Lipinski definition) is 2. The Morgan fingerprint density at radius 1 is 0.923 bits per heavy atom. The molecule has 1 N–H and O–H groups in total. The molecule has 1 fully saturated rings. The molecule has 1 heterocycles. The Bertz CT molecular complexity index is 763. The standard InChI is InChI=1S/C21H23Cl2NO2/c1-21(20(25)26,16-12-17(22)14-18(23)13-16)15-6-8-19(9-7-15)24-10-4-2-3-5-11-24/h6-9,12-14H,2-5,10-11H2,1H3,(H,25,26). The van der Waals surface area contributed by atoms with E-state index in [0.29, 0.717) is 21.2 Å². The van der Waals surface area contributed by atoms with Gasteiger partial charge in [-0.3, -0.25) is 4.79 Å². The van der Waals surface area contributed by atoms with E-state index >= 15 is 0 Å². The van der Waals surface area contributed by atoms with Crippen molar-refractivity contribution < 1.29 is 9.90 Å². The molecule has 0 bridgehead atoms. The van der Waals surface area contributed by atoms with E-state index in [0.717, 1.165) is 18.8 Å². The van der Waals surface area contributed by atoms with Gasteiger partial charge in [-0.15, -0.1) is 0 Å². The van der Waals surface area contributed by atoms with Crippen molar-refractivity contribution in [3.8, 4) is 0 Å². The molecule has 26 heavy (non-hydrogen) atoms. The van der Waals surface area contributed by atoms with Gasteiger partial charge in [0.05, 0.1) is 0 Å². The van der Waals surface area contributed by atoms with Crippen molar-refractivity contribution in [1.82, 2.24) is 0 Å². The third-order valence-electron chi connectivity index (χ3n) is 5.28. The summed E-state index contributed by atoms with van der Waals surface area (Å²) in [5, 5.41) is 10.8. The molecular weight excluding hydrogens is 369 g/mol. The highest BCUT2D eigenvalue weighted by atomic mass is 35.5. The number of halogens is 2. The highest BCUT2D eigenvalue weighted by Crippen LogP contribution is 2.36. The Morgan fingerprint density at radius 2 is 1.46 bits per heavy atom. The first kappa shape index (κ1) is 19.1. The van der Waals surface area contributed by atoms with Crippen molar-refractivity contribution in [1.29, 1.82) is 0 Å². The Hall–Kier alpha value is -1.71. The largest absolute Gasteiger partial charge is 0.480 e. The number of rotatable bonds is 4. The average molecular weight is 392 g/mol. The number of carboxylic acids is 1. The minimum atomic E-state index is -1.22. The summed E-state index contributed by atoms with van der Waals surface area (Å²) in [4.78, 5) is 14.6. The third kappa shape index (κ3) is 3.84.